The number of hydrogen-bond donors (Lipinski definition) is 0. The number of carbonyl (C=O) groups excluding carboxylic acids is 3. The van der Waals surface area contributed by atoms with Crippen LogP contribution < -0.4 is 0 Å². The van der Waals surface area contributed by atoms with Crippen LogP contribution in [0.3, 0.4) is 0 Å². The molecule has 236 valence electrons. The van der Waals surface area contributed by atoms with Gasteiger partial charge in [0.1, 0.15) is 13.2 Å². The molecule has 0 saturated heterocycles. The van der Waals surface area contributed by atoms with Gasteiger partial charge in [-0.05, 0) is 19.3 Å². The Bertz CT molecular complexity index is 591. The molecule has 0 fully saturated rings. The second-order valence-corrected chi connectivity index (χ2v) is 11.4. The van der Waals surface area contributed by atoms with Crippen LogP contribution in [0.25, 0.3) is 0 Å². The van der Waals surface area contributed by atoms with Gasteiger partial charge in [-0.3, -0.25) is 14.4 Å². The van der Waals surface area contributed by atoms with E-state index in [0.717, 1.165) is 70.6 Å². The lowest BCUT2D eigenvalue weighted by atomic mass is 10.0. The van der Waals surface area contributed by atoms with E-state index in [-0.39, 0.29) is 31.1 Å². The summed E-state index contributed by atoms with van der Waals surface area (Å²) in [5, 5.41) is 0. The standard InChI is InChI=1S/C34H64O6/c1-4-7-10-13-14-15-16-17-18-19-22-24-27-33(36)39-30-31(40-34(37)28-25-21-12-9-6-3)29-38-32(35)26-23-20-11-8-5-2/h31H,4-30H2,1-3H3. The van der Waals surface area contributed by atoms with Crippen molar-refractivity contribution in [3.63, 3.8) is 0 Å². The van der Waals surface area contributed by atoms with E-state index in [2.05, 4.69) is 20.8 Å². The molecular weight excluding hydrogens is 504 g/mol. The minimum absolute atomic E-state index is 0.0670. The van der Waals surface area contributed by atoms with E-state index in [1.165, 1.54) is 70.6 Å². The Balaban J connectivity index is 4.20. The average Bonchev–Trinajstić information content (AvgIpc) is 2.94. The second-order valence-electron chi connectivity index (χ2n) is 11.4. The van der Waals surface area contributed by atoms with E-state index in [1.54, 1.807) is 0 Å². The zero-order chi connectivity index (χ0) is 29.5. The first-order valence-corrected chi connectivity index (χ1v) is 17.0. The first-order valence-electron chi connectivity index (χ1n) is 17.0. The van der Waals surface area contributed by atoms with Crippen molar-refractivity contribution < 1.29 is 28.6 Å². The summed E-state index contributed by atoms with van der Waals surface area (Å²) in [6.45, 7) is 6.43. The Morgan fingerprint density at radius 1 is 0.400 bits per heavy atom. The number of rotatable bonds is 30. The minimum atomic E-state index is -0.752. The van der Waals surface area contributed by atoms with Crippen LogP contribution in [0.4, 0.5) is 0 Å². The lowest BCUT2D eigenvalue weighted by molar-refractivity contribution is -0.167. The van der Waals surface area contributed by atoms with Gasteiger partial charge < -0.3 is 14.2 Å². The highest BCUT2D eigenvalue weighted by Gasteiger charge is 2.19. The monoisotopic (exact) mass is 568 g/mol. The van der Waals surface area contributed by atoms with E-state index < -0.39 is 6.10 Å². The van der Waals surface area contributed by atoms with E-state index >= 15 is 0 Å². The summed E-state index contributed by atoms with van der Waals surface area (Å²) in [6.07, 6.45) is 25.7. The Morgan fingerprint density at radius 2 is 0.675 bits per heavy atom. The van der Waals surface area contributed by atoms with Crippen LogP contribution in [0.1, 0.15) is 181 Å². The number of hydrogen-bond acceptors (Lipinski definition) is 6. The van der Waals surface area contributed by atoms with E-state index in [9.17, 15) is 14.4 Å². The molecule has 0 radical (unpaired) electrons. The molecule has 0 aliphatic rings. The third-order valence-electron chi connectivity index (χ3n) is 7.36. The summed E-state index contributed by atoms with van der Waals surface area (Å²) < 4.78 is 16.3. The highest BCUT2D eigenvalue weighted by atomic mass is 16.6. The fourth-order valence-corrected chi connectivity index (χ4v) is 4.73. The summed E-state index contributed by atoms with van der Waals surface area (Å²) in [4.78, 5) is 36.8. The highest BCUT2D eigenvalue weighted by Crippen LogP contribution is 2.13. The van der Waals surface area contributed by atoms with Crippen molar-refractivity contribution >= 4 is 17.9 Å². The lowest BCUT2D eigenvalue weighted by Gasteiger charge is -2.18. The van der Waals surface area contributed by atoms with Gasteiger partial charge >= 0.3 is 17.9 Å². The minimum Gasteiger partial charge on any atom is -0.462 e. The molecule has 0 heterocycles. The molecule has 0 N–H and O–H groups in total. The largest absolute Gasteiger partial charge is 0.462 e. The van der Waals surface area contributed by atoms with Crippen LogP contribution in [-0.2, 0) is 28.6 Å². The van der Waals surface area contributed by atoms with Crippen molar-refractivity contribution in [3.05, 3.63) is 0 Å². The molecule has 6 heteroatoms. The van der Waals surface area contributed by atoms with Gasteiger partial charge in [0.05, 0.1) is 0 Å². The predicted octanol–water partition coefficient (Wildman–Crippen LogP) is 9.80. The topological polar surface area (TPSA) is 78.9 Å². The molecule has 0 rings (SSSR count). The van der Waals surface area contributed by atoms with Crippen LogP contribution in [0.5, 0.6) is 0 Å². The zero-order valence-electron chi connectivity index (χ0n) is 26.6. The molecule has 0 aromatic heterocycles. The molecule has 1 unspecified atom stereocenters. The molecule has 0 aliphatic carbocycles. The van der Waals surface area contributed by atoms with Crippen molar-refractivity contribution in [1.82, 2.24) is 0 Å². The van der Waals surface area contributed by atoms with Gasteiger partial charge in [0.15, 0.2) is 6.10 Å². The number of carbonyl (C=O) groups is 3. The van der Waals surface area contributed by atoms with Crippen LogP contribution in [0.2, 0.25) is 0 Å². The van der Waals surface area contributed by atoms with Gasteiger partial charge in [0, 0.05) is 19.3 Å². The van der Waals surface area contributed by atoms with E-state index in [0.29, 0.717) is 19.3 Å². The summed E-state index contributed by atoms with van der Waals surface area (Å²) in [5.41, 5.74) is 0. The van der Waals surface area contributed by atoms with Crippen molar-refractivity contribution in [2.75, 3.05) is 13.2 Å². The normalized spacial score (nSPS) is 11.8. The maximum atomic E-state index is 12.3. The number of esters is 3. The van der Waals surface area contributed by atoms with Crippen LogP contribution >= 0.6 is 0 Å². The summed E-state index contributed by atoms with van der Waals surface area (Å²) in [6, 6.07) is 0. The van der Waals surface area contributed by atoms with Gasteiger partial charge in [-0.1, -0.05) is 143 Å². The fourth-order valence-electron chi connectivity index (χ4n) is 4.73. The van der Waals surface area contributed by atoms with Crippen molar-refractivity contribution in [2.45, 2.75) is 187 Å². The zero-order valence-corrected chi connectivity index (χ0v) is 26.6. The third-order valence-corrected chi connectivity index (χ3v) is 7.36. The van der Waals surface area contributed by atoms with Crippen molar-refractivity contribution in [3.8, 4) is 0 Å². The lowest BCUT2D eigenvalue weighted by Crippen LogP contribution is -2.30. The number of ether oxygens (including phenoxy) is 3. The molecule has 0 saturated carbocycles. The second kappa shape index (κ2) is 30.4. The molecule has 40 heavy (non-hydrogen) atoms. The maximum absolute atomic E-state index is 12.3. The van der Waals surface area contributed by atoms with Crippen LogP contribution in [0, 0.1) is 0 Å². The quantitative estimate of drug-likeness (QED) is 0.0487. The third kappa shape index (κ3) is 28.0. The smallest absolute Gasteiger partial charge is 0.306 e. The molecule has 0 aliphatic heterocycles. The predicted molar refractivity (Wildman–Crippen MR) is 164 cm³/mol. The Labute approximate surface area is 247 Å². The maximum Gasteiger partial charge on any atom is 0.306 e. The molecule has 0 spiro atoms. The van der Waals surface area contributed by atoms with Crippen molar-refractivity contribution in [2.24, 2.45) is 0 Å². The molecule has 6 nitrogen and oxygen atoms in total. The van der Waals surface area contributed by atoms with E-state index in [4.69, 9.17) is 14.2 Å². The fraction of sp³-hybridized carbons (Fsp3) is 0.912. The van der Waals surface area contributed by atoms with Crippen LogP contribution in [0.15, 0.2) is 0 Å². The van der Waals surface area contributed by atoms with E-state index in [1.807, 2.05) is 0 Å². The Hall–Kier alpha value is -1.59. The SMILES string of the molecule is CCCCCCCCCCCCCCC(=O)OCC(COC(=O)CCCCCCC)OC(=O)CCCCCCC. The first kappa shape index (κ1) is 38.4. The van der Waals surface area contributed by atoms with Gasteiger partial charge in [-0.25, -0.2) is 0 Å². The Kier molecular flexibility index (Phi) is 29.2. The van der Waals surface area contributed by atoms with Gasteiger partial charge in [0.2, 0.25) is 0 Å². The number of unbranched alkanes of at least 4 members (excludes halogenated alkanes) is 19. The van der Waals surface area contributed by atoms with Gasteiger partial charge in [-0.2, -0.15) is 0 Å². The van der Waals surface area contributed by atoms with Gasteiger partial charge in [0.25, 0.3) is 0 Å². The summed E-state index contributed by atoms with van der Waals surface area (Å²) in [5.74, 6) is -0.899. The molecule has 1 atom stereocenters. The molecule has 0 bridgehead atoms. The average molecular weight is 569 g/mol. The van der Waals surface area contributed by atoms with Crippen molar-refractivity contribution in [1.29, 1.82) is 0 Å². The molecular formula is C34H64O6. The highest BCUT2D eigenvalue weighted by molar-refractivity contribution is 5.71. The first-order chi connectivity index (χ1) is 19.5. The summed E-state index contributed by atoms with van der Waals surface area (Å²) >= 11 is 0. The molecule has 0 aromatic rings. The summed E-state index contributed by atoms with van der Waals surface area (Å²) in [7, 11) is 0. The van der Waals surface area contributed by atoms with Crippen LogP contribution in [-0.4, -0.2) is 37.2 Å². The molecule has 0 amide bonds. The van der Waals surface area contributed by atoms with Gasteiger partial charge in [-0.15, -0.1) is 0 Å². The molecule has 0 aromatic carbocycles. The Morgan fingerprint density at radius 3 is 1.00 bits per heavy atom.